The lowest BCUT2D eigenvalue weighted by atomic mass is 10.1. The Kier molecular flexibility index (Phi) is 2.45. The van der Waals surface area contributed by atoms with Crippen LogP contribution in [0.15, 0.2) is 42.5 Å². The van der Waals surface area contributed by atoms with E-state index in [0.29, 0.717) is 0 Å². The van der Waals surface area contributed by atoms with E-state index in [2.05, 4.69) is 48.9 Å². The summed E-state index contributed by atoms with van der Waals surface area (Å²) in [6, 6.07) is 14.8. The van der Waals surface area contributed by atoms with E-state index in [1.807, 2.05) is 12.1 Å². The second-order valence-electron chi connectivity index (χ2n) is 5.50. The van der Waals surface area contributed by atoms with Gasteiger partial charge < -0.3 is 9.30 Å². The molecule has 0 spiro atoms. The SMILES string of the molecule is COc1ccc2nc3n(C)c4ccc(C)cc4cc-3c2c1. The summed E-state index contributed by atoms with van der Waals surface area (Å²) in [5, 5.41) is 2.38. The number of benzene rings is 2. The molecule has 0 bridgehead atoms. The van der Waals surface area contributed by atoms with Crippen molar-refractivity contribution in [3.05, 3.63) is 48.0 Å². The van der Waals surface area contributed by atoms with Gasteiger partial charge in [-0.3, -0.25) is 0 Å². The van der Waals surface area contributed by atoms with Crippen LogP contribution in [-0.2, 0) is 7.05 Å². The van der Waals surface area contributed by atoms with Crippen molar-refractivity contribution in [3.63, 3.8) is 0 Å². The molecule has 2 aliphatic rings. The van der Waals surface area contributed by atoms with Gasteiger partial charge >= 0.3 is 0 Å². The van der Waals surface area contributed by atoms with Gasteiger partial charge in [0.25, 0.3) is 0 Å². The van der Waals surface area contributed by atoms with E-state index in [1.54, 1.807) is 7.11 Å². The highest BCUT2D eigenvalue weighted by Gasteiger charge is 2.16. The molecular formula is C18H16N2O. The number of rotatable bonds is 1. The number of aromatic nitrogens is 2. The Labute approximate surface area is 123 Å². The Hall–Kier alpha value is -2.55. The molecule has 104 valence electrons. The fourth-order valence-electron chi connectivity index (χ4n) is 3.01. The maximum atomic E-state index is 5.34. The maximum Gasteiger partial charge on any atom is 0.141 e. The van der Waals surface area contributed by atoms with Gasteiger partial charge in [0.2, 0.25) is 0 Å². The van der Waals surface area contributed by atoms with E-state index in [9.17, 15) is 0 Å². The van der Waals surface area contributed by atoms with Crippen molar-refractivity contribution in [3.8, 4) is 17.1 Å². The minimum Gasteiger partial charge on any atom is -0.497 e. The number of methoxy groups -OCH3 is 1. The van der Waals surface area contributed by atoms with Crippen molar-refractivity contribution in [1.82, 2.24) is 9.55 Å². The summed E-state index contributed by atoms with van der Waals surface area (Å²) in [6.07, 6.45) is 0. The van der Waals surface area contributed by atoms with Crippen molar-refractivity contribution in [2.24, 2.45) is 7.05 Å². The molecule has 2 aromatic carbocycles. The van der Waals surface area contributed by atoms with E-state index < -0.39 is 0 Å². The molecular weight excluding hydrogens is 260 g/mol. The highest BCUT2D eigenvalue weighted by atomic mass is 16.5. The van der Waals surface area contributed by atoms with Crippen LogP contribution in [0.25, 0.3) is 33.2 Å². The van der Waals surface area contributed by atoms with Gasteiger partial charge in [0.15, 0.2) is 0 Å². The molecule has 21 heavy (non-hydrogen) atoms. The zero-order valence-corrected chi connectivity index (χ0v) is 12.3. The summed E-state index contributed by atoms with van der Waals surface area (Å²) in [4.78, 5) is 4.77. The molecule has 0 radical (unpaired) electrons. The molecule has 4 rings (SSSR count). The molecule has 2 heterocycles. The topological polar surface area (TPSA) is 27.1 Å². The van der Waals surface area contributed by atoms with Crippen LogP contribution in [0.1, 0.15) is 5.56 Å². The molecule has 0 saturated carbocycles. The van der Waals surface area contributed by atoms with Crippen LogP contribution in [0.3, 0.4) is 0 Å². The van der Waals surface area contributed by atoms with Crippen LogP contribution in [0.4, 0.5) is 0 Å². The minimum absolute atomic E-state index is 0.865. The third kappa shape index (κ3) is 1.70. The van der Waals surface area contributed by atoms with Gasteiger partial charge in [0.05, 0.1) is 12.6 Å². The molecule has 2 aromatic rings. The summed E-state index contributed by atoms with van der Waals surface area (Å²) in [5.74, 6) is 1.87. The predicted molar refractivity (Wildman–Crippen MR) is 86.1 cm³/mol. The number of fused-ring (bicyclic) bond motifs is 4. The number of pyridine rings is 1. The third-order valence-corrected chi connectivity index (χ3v) is 4.12. The maximum absolute atomic E-state index is 5.34. The Balaban J connectivity index is 2.17. The van der Waals surface area contributed by atoms with Crippen LogP contribution in [-0.4, -0.2) is 16.7 Å². The zero-order chi connectivity index (χ0) is 14.6. The van der Waals surface area contributed by atoms with Gasteiger partial charge in [-0.15, -0.1) is 0 Å². The third-order valence-electron chi connectivity index (χ3n) is 4.12. The Morgan fingerprint density at radius 1 is 1.05 bits per heavy atom. The Bertz CT molecular complexity index is 952. The Morgan fingerprint density at radius 3 is 2.71 bits per heavy atom. The highest BCUT2D eigenvalue weighted by molar-refractivity contribution is 6.01. The van der Waals surface area contributed by atoms with Crippen molar-refractivity contribution < 1.29 is 4.74 Å². The van der Waals surface area contributed by atoms with E-state index in [1.165, 1.54) is 22.0 Å². The van der Waals surface area contributed by atoms with Crippen molar-refractivity contribution in [1.29, 1.82) is 0 Å². The molecule has 0 fully saturated rings. The number of aryl methyl sites for hydroxylation is 2. The quantitative estimate of drug-likeness (QED) is 0.522. The van der Waals surface area contributed by atoms with Gasteiger partial charge in [-0.05, 0) is 48.7 Å². The molecule has 2 aliphatic heterocycles. The number of ether oxygens (including phenoxy) is 1. The van der Waals surface area contributed by atoms with Crippen molar-refractivity contribution in [2.45, 2.75) is 6.92 Å². The second-order valence-corrected chi connectivity index (χ2v) is 5.50. The van der Waals surface area contributed by atoms with E-state index in [0.717, 1.165) is 22.5 Å². The highest BCUT2D eigenvalue weighted by Crippen LogP contribution is 2.36. The summed E-state index contributed by atoms with van der Waals surface area (Å²) >= 11 is 0. The average Bonchev–Trinajstić information content (AvgIpc) is 2.85. The fourth-order valence-corrected chi connectivity index (χ4v) is 3.01. The van der Waals surface area contributed by atoms with Crippen LogP contribution >= 0.6 is 0 Å². The smallest absolute Gasteiger partial charge is 0.141 e. The van der Waals surface area contributed by atoms with E-state index >= 15 is 0 Å². The molecule has 0 amide bonds. The summed E-state index contributed by atoms with van der Waals surface area (Å²) < 4.78 is 7.51. The van der Waals surface area contributed by atoms with Crippen LogP contribution in [0.5, 0.6) is 5.75 Å². The molecule has 3 heteroatoms. The number of nitrogens with zero attached hydrogens (tertiary/aromatic N) is 2. The second kappa shape index (κ2) is 4.22. The standard InChI is InChI=1S/C18H16N2O/c1-11-4-7-17-12(8-11)9-15-14-10-13(21-3)5-6-16(14)19-18(15)20(17)2/h4-10H,1-3H3. The monoisotopic (exact) mass is 276 g/mol. The number of hydrogen-bond acceptors (Lipinski definition) is 2. The lowest BCUT2D eigenvalue weighted by Crippen LogP contribution is -1.99. The Morgan fingerprint density at radius 2 is 1.90 bits per heavy atom. The summed E-state index contributed by atoms with van der Waals surface area (Å²) in [7, 11) is 3.77. The van der Waals surface area contributed by atoms with Gasteiger partial charge in [0, 0.05) is 23.5 Å². The fraction of sp³-hybridized carbons (Fsp3) is 0.167. The molecule has 0 unspecified atom stereocenters. The molecule has 0 aromatic heterocycles. The van der Waals surface area contributed by atoms with Crippen molar-refractivity contribution in [2.75, 3.05) is 7.11 Å². The summed E-state index contributed by atoms with van der Waals surface area (Å²) in [6.45, 7) is 2.12. The van der Waals surface area contributed by atoms with E-state index in [-0.39, 0.29) is 0 Å². The van der Waals surface area contributed by atoms with Gasteiger partial charge in [-0.2, -0.15) is 0 Å². The predicted octanol–water partition coefficient (Wildman–Crippen LogP) is 4.15. The summed E-state index contributed by atoms with van der Waals surface area (Å²) in [5.41, 5.74) is 4.64. The normalized spacial score (nSPS) is 11.6. The molecule has 0 N–H and O–H groups in total. The average molecular weight is 276 g/mol. The first-order chi connectivity index (χ1) is 10.2. The molecule has 3 nitrogen and oxygen atoms in total. The first-order valence-corrected chi connectivity index (χ1v) is 7.01. The lowest BCUT2D eigenvalue weighted by molar-refractivity contribution is 0.415. The molecule has 0 saturated heterocycles. The molecule has 0 aliphatic carbocycles. The zero-order valence-electron chi connectivity index (χ0n) is 12.3. The lowest BCUT2D eigenvalue weighted by Gasteiger charge is -2.12. The first kappa shape index (κ1) is 12.2. The van der Waals surface area contributed by atoms with Gasteiger partial charge in [-0.1, -0.05) is 11.6 Å². The van der Waals surface area contributed by atoms with E-state index in [4.69, 9.17) is 9.72 Å². The van der Waals surface area contributed by atoms with Gasteiger partial charge in [0.1, 0.15) is 11.6 Å². The van der Waals surface area contributed by atoms with Crippen LogP contribution in [0, 0.1) is 6.92 Å². The molecule has 0 atom stereocenters. The van der Waals surface area contributed by atoms with Crippen LogP contribution in [0.2, 0.25) is 0 Å². The van der Waals surface area contributed by atoms with Gasteiger partial charge in [-0.25, -0.2) is 4.98 Å². The van der Waals surface area contributed by atoms with Crippen LogP contribution < -0.4 is 4.74 Å². The largest absolute Gasteiger partial charge is 0.497 e. The first-order valence-electron chi connectivity index (χ1n) is 7.01. The minimum atomic E-state index is 0.865. The number of hydrogen-bond donors (Lipinski definition) is 0. The van der Waals surface area contributed by atoms with Crippen molar-refractivity contribution >= 4 is 21.8 Å².